The molecule has 0 aliphatic heterocycles. The Morgan fingerprint density at radius 3 is 2.86 bits per heavy atom. The van der Waals surface area contributed by atoms with Crippen LogP contribution in [0.15, 0.2) is 49.8 Å². The Kier molecular flexibility index (Phi) is 4.60. The molecule has 1 aromatic heterocycles. The second-order valence-electron chi connectivity index (χ2n) is 4.29. The van der Waals surface area contributed by atoms with Crippen molar-refractivity contribution in [1.29, 1.82) is 0 Å². The van der Waals surface area contributed by atoms with Gasteiger partial charge in [-0.15, -0.1) is 33.1 Å². The number of aromatic hydroxyl groups is 1. The largest absolute Gasteiger partial charge is 0.505 e. The summed E-state index contributed by atoms with van der Waals surface area (Å²) in [5.41, 5.74) is 0.395. The van der Waals surface area contributed by atoms with Crippen molar-refractivity contribution in [2.75, 3.05) is 5.75 Å². The zero-order valence-electron chi connectivity index (χ0n) is 11.6. The maximum Gasteiger partial charge on any atom is 0.252 e. The molecule has 0 saturated heterocycles. The van der Waals surface area contributed by atoms with Crippen molar-refractivity contribution in [3.63, 3.8) is 0 Å². The van der Waals surface area contributed by atoms with E-state index in [0.717, 1.165) is 20.4 Å². The molecule has 0 bridgehead atoms. The molecule has 0 aliphatic rings. The lowest BCUT2D eigenvalue weighted by Crippen LogP contribution is -1.77. The van der Waals surface area contributed by atoms with Gasteiger partial charge in [0, 0.05) is 10.3 Å². The van der Waals surface area contributed by atoms with Crippen LogP contribution in [0.4, 0.5) is 10.8 Å². The number of thiol groups is 1. The van der Waals surface area contributed by atoms with E-state index in [0.29, 0.717) is 16.2 Å². The first-order valence-corrected chi connectivity index (χ1v) is 8.75. The summed E-state index contributed by atoms with van der Waals surface area (Å²) >= 11 is 7.36. The van der Waals surface area contributed by atoms with Crippen molar-refractivity contribution in [1.82, 2.24) is 10.2 Å². The number of thioether (sulfide) groups is 1. The lowest BCUT2D eigenvalue weighted by atomic mass is 10.1. The minimum Gasteiger partial charge on any atom is -0.505 e. The Balaban J connectivity index is 1.93. The first kappa shape index (κ1) is 15.3. The second kappa shape index (κ2) is 6.64. The molecule has 8 heteroatoms. The topological polar surface area (TPSA) is 70.7 Å². The van der Waals surface area contributed by atoms with Gasteiger partial charge in [-0.25, -0.2) is 0 Å². The number of hydrogen-bond donors (Lipinski definition) is 2. The summed E-state index contributed by atoms with van der Waals surface area (Å²) in [4.78, 5) is 0.807. The Bertz CT molecular complexity index is 847. The number of rotatable bonds is 4. The summed E-state index contributed by atoms with van der Waals surface area (Å²) in [5, 5.41) is 28.4. The Hall–Kier alpha value is -1.64. The molecule has 2 aromatic carbocycles. The molecule has 0 fully saturated rings. The van der Waals surface area contributed by atoms with Gasteiger partial charge in [-0.3, -0.25) is 0 Å². The van der Waals surface area contributed by atoms with E-state index in [4.69, 9.17) is 0 Å². The van der Waals surface area contributed by atoms with Crippen LogP contribution in [0.1, 0.15) is 6.92 Å². The lowest BCUT2D eigenvalue weighted by Gasteiger charge is -2.05. The van der Waals surface area contributed by atoms with E-state index in [1.807, 2.05) is 24.3 Å². The molecule has 0 amide bonds. The van der Waals surface area contributed by atoms with Gasteiger partial charge in [-0.2, -0.15) is 0 Å². The number of phenols is 1. The molecule has 0 atom stereocenters. The van der Waals surface area contributed by atoms with Crippen molar-refractivity contribution in [3.05, 3.63) is 30.3 Å². The standard InChI is InChI=1S/C14H12N4OS3/c1-2-21-14-18-17-13(22-14)16-15-10-7-6-8-9(12(10)19)4-3-5-11(8)20/h3-7,19-20H,2H2,1H3. The third kappa shape index (κ3) is 3.08. The summed E-state index contributed by atoms with van der Waals surface area (Å²) in [6.45, 7) is 2.05. The summed E-state index contributed by atoms with van der Waals surface area (Å²) in [6, 6.07) is 9.11. The van der Waals surface area contributed by atoms with Gasteiger partial charge < -0.3 is 5.11 Å². The zero-order chi connectivity index (χ0) is 15.5. The fraction of sp³-hybridized carbons (Fsp3) is 0.143. The van der Waals surface area contributed by atoms with Gasteiger partial charge in [0.2, 0.25) is 0 Å². The SMILES string of the molecule is CCSc1nnc(N=Nc2ccc3c(S)cccc3c2O)s1. The van der Waals surface area contributed by atoms with Gasteiger partial charge in [0.25, 0.3) is 5.13 Å². The van der Waals surface area contributed by atoms with E-state index in [2.05, 4.69) is 40.0 Å². The molecular formula is C14H12N4OS3. The fourth-order valence-electron chi connectivity index (χ4n) is 1.92. The van der Waals surface area contributed by atoms with Crippen LogP contribution in [0.3, 0.4) is 0 Å². The van der Waals surface area contributed by atoms with Crippen LogP contribution in [0.25, 0.3) is 10.8 Å². The van der Waals surface area contributed by atoms with E-state index in [1.54, 1.807) is 17.8 Å². The molecule has 1 heterocycles. The Morgan fingerprint density at radius 2 is 2.05 bits per heavy atom. The van der Waals surface area contributed by atoms with Crippen LogP contribution in [0.5, 0.6) is 5.75 Å². The van der Waals surface area contributed by atoms with E-state index in [-0.39, 0.29) is 5.75 Å². The summed E-state index contributed by atoms with van der Waals surface area (Å²) in [5.74, 6) is 1.02. The van der Waals surface area contributed by atoms with Gasteiger partial charge in [0.05, 0.1) is 0 Å². The average Bonchev–Trinajstić information content (AvgIpc) is 2.95. The van der Waals surface area contributed by atoms with Gasteiger partial charge in [-0.05, 0) is 23.3 Å². The predicted molar refractivity (Wildman–Crippen MR) is 93.3 cm³/mol. The maximum atomic E-state index is 10.3. The van der Waals surface area contributed by atoms with Crippen molar-refractivity contribution in [2.24, 2.45) is 10.2 Å². The number of nitrogens with zero attached hydrogens (tertiary/aromatic N) is 4. The number of fused-ring (bicyclic) bond motifs is 1. The second-order valence-corrected chi connectivity index (χ2v) is 7.24. The highest BCUT2D eigenvalue weighted by Crippen LogP contribution is 2.38. The van der Waals surface area contributed by atoms with Crippen molar-refractivity contribution >= 4 is 57.3 Å². The Morgan fingerprint density at radius 1 is 1.18 bits per heavy atom. The van der Waals surface area contributed by atoms with Crippen LogP contribution in [-0.2, 0) is 0 Å². The highest BCUT2D eigenvalue weighted by atomic mass is 32.2. The van der Waals surface area contributed by atoms with Crippen molar-refractivity contribution < 1.29 is 5.11 Å². The van der Waals surface area contributed by atoms with Crippen molar-refractivity contribution in [3.8, 4) is 5.75 Å². The third-order valence-electron chi connectivity index (χ3n) is 2.90. The molecule has 0 saturated carbocycles. The van der Waals surface area contributed by atoms with Gasteiger partial charge in [0.1, 0.15) is 5.69 Å². The molecule has 112 valence electrons. The first-order valence-electron chi connectivity index (χ1n) is 6.50. The number of phenolic OH excluding ortho intramolecular Hbond substituents is 1. The highest BCUT2D eigenvalue weighted by Gasteiger charge is 2.08. The maximum absolute atomic E-state index is 10.3. The van der Waals surface area contributed by atoms with E-state index in [9.17, 15) is 5.11 Å². The lowest BCUT2D eigenvalue weighted by molar-refractivity contribution is 0.482. The molecule has 0 radical (unpaired) electrons. The van der Waals surface area contributed by atoms with Crippen LogP contribution >= 0.6 is 35.7 Å². The van der Waals surface area contributed by atoms with E-state index >= 15 is 0 Å². The smallest absolute Gasteiger partial charge is 0.252 e. The minimum absolute atomic E-state index is 0.0878. The molecule has 1 N–H and O–H groups in total. The molecule has 3 aromatic rings. The van der Waals surface area contributed by atoms with Crippen molar-refractivity contribution in [2.45, 2.75) is 16.2 Å². The molecule has 3 rings (SSSR count). The van der Waals surface area contributed by atoms with Crippen LogP contribution in [-0.4, -0.2) is 21.1 Å². The number of azo groups is 1. The van der Waals surface area contributed by atoms with Crippen LogP contribution in [0, 0.1) is 0 Å². The van der Waals surface area contributed by atoms with E-state index in [1.165, 1.54) is 11.3 Å². The van der Waals surface area contributed by atoms with Crippen LogP contribution in [0.2, 0.25) is 0 Å². The summed E-state index contributed by atoms with van der Waals surface area (Å²) in [6.07, 6.45) is 0. The van der Waals surface area contributed by atoms with Gasteiger partial charge in [0.15, 0.2) is 10.1 Å². The number of aromatic nitrogens is 2. The normalized spacial score (nSPS) is 11.5. The molecule has 22 heavy (non-hydrogen) atoms. The van der Waals surface area contributed by atoms with Gasteiger partial charge >= 0.3 is 0 Å². The monoisotopic (exact) mass is 348 g/mol. The van der Waals surface area contributed by atoms with Crippen LogP contribution < -0.4 is 0 Å². The van der Waals surface area contributed by atoms with E-state index < -0.39 is 0 Å². The highest BCUT2D eigenvalue weighted by molar-refractivity contribution is 8.01. The summed E-state index contributed by atoms with van der Waals surface area (Å²) < 4.78 is 0.860. The molecular weight excluding hydrogens is 336 g/mol. The number of hydrogen-bond acceptors (Lipinski definition) is 8. The molecule has 5 nitrogen and oxygen atoms in total. The summed E-state index contributed by atoms with van der Waals surface area (Å²) in [7, 11) is 0. The minimum atomic E-state index is 0.0878. The quantitative estimate of drug-likeness (QED) is 0.385. The third-order valence-corrected chi connectivity index (χ3v) is 5.11. The molecule has 0 unspecified atom stereocenters. The molecule has 0 spiro atoms. The zero-order valence-corrected chi connectivity index (χ0v) is 14.1. The number of benzene rings is 2. The van der Waals surface area contributed by atoms with Gasteiger partial charge in [-0.1, -0.05) is 48.2 Å². The fourth-order valence-corrected chi connectivity index (χ4v) is 3.76. The average molecular weight is 348 g/mol. The molecule has 0 aliphatic carbocycles. The first-order chi connectivity index (χ1) is 10.7. The predicted octanol–water partition coefficient (Wildman–Crippen LogP) is 5.21. The Labute approximate surface area is 140 Å².